The number of aromatic hydroxyl groups is 1. The minimum Gasteiger partial charge on any atom is -0.504 e. The molecule has 0 radical (unpaired) electrons. The van der Waals surface area contributed by atoms with E-state index >= 15 is 0 Å². The molecule has 1 unspecified atom stereocenters. The molecule has 208 valence electrons. The number of nitrogens with one attached hydrogen (secondary N) is 1. The summed E-state index contributed by atoms with van der Waals surface area (Å²) in [5.74, 6) is 1.20. The Labute approximate surface area is 227 Å². The van der Waals surface area contributed by atoms with Gasteiger partial charge in [-0.2, -0.15) is 0 Å². The molecule has 3 aromatic rings. The molecule has 1 saturated carbocycles. The maximum absolute atomic E-state index is 12.5. The lowest BCUT2D eigenvalue weighted by atomic mass is 9.83. The van der Waals surface area contributed by atoms with Crippen molar-refractivity contribution in [1.82, 2.24) is 9.55 Å². The first-order chi connectivity index (χ1) is 18.2. The van der Waals surface area contributed by atoms with E-state index in [1.807, 2.05) is 18.3 Å². The topological polar surface area (TPSA) is 87.5 Å². The number of aliphatic hydroxyl groups is 1. The van der Waals surface area contributed by atoms with Gasteiger partial charge in [-0.05, 0) is 80.0 Å². The summed E-state index contributed by atoms with van der Waals surface area (Å²) in [6.45, 7) is 7.12. The molecule has 2 heterocycles. The van der Waals surface area contributed by atoms with Crippen LogP contribution in [-0.2, 0) is 24.4 Å². The molecule has 0 spiro atoms. The maximum Gasteiger partial charge on any atom is 0.165 e. The minimum absolute atomic E-state index is 0.0809. The van der Waals surface area contributed by atoms with Crippen LogP contribution < -0.4 is 4.74 Å². The van der Waals surface area contributed by atoms with Crippen molar-refractivity contribution in [3.8, 4) is 11.5 Å². The molecule has 1 aromatic carbocycles. The molecule has 0 saturated heterocycles. The number of aromatic nitrogens is 2. The van der Waals surface area contributed by atoms with Crippen molar-refractivity contribution >= 4 is 16.7 Å². The zero-order valence-electron chi connectivity index (χ0n) is 23.5. The first kappa shape index (κ1) is 28.3. The average molecular weight is 523 g/mol. The average Bonchev–Trinajstić information content (AvgIpc) is 3.58. The number of hydrogen-bond donors (Lipinski definition) is 3. The van der Waals surface area contributed by atoms with Crippen LogP contribution in [-0.4, -0.2) is 31.7 Å². The third-order valence-corrected chi connectivity index (χ3v) is 8.35. The quantitative estimate of drug-likeness (QED) is 0.195. The molecule has 38 heavy (non-hydrogen) atoms. The van der Waals surface area contributed by atoms with Gasteiger partial charge >= 0.3 is 0 Å². The summed E-state index contributed by atoms with van der Waals surface area (Å²) in [6.07, 6.45) is 14.7. The Kier molecular flexibility index (Phi) is 9.59. The van der Waals surface area contributed by atoms with Crippen LogP contribution >= 0.6 is 0 Å². The second kappa shape index (κ2) is 12.9. The third-order valence-electron chi connectivity index (χ3n) is 8.35. The van der Waals surface area contributed by atoms with Gasteiger partial charge in [-0.3, -0.25) is 4.79 Å². The molecule has 1 atom stereocenters. The number of carbonyl (C=O) groups is 1. The van der Waals surface area contributed by atoms with Crippen molar-refractivity contribution < 1.29 is 19.7 Å². The molecular formula is C32H46N2O4. The Morgan fingerprint density at radius 3 is 2.71 bits per heavy atom. The number of nitrogens with zero attached hydrogens (tertiary/aromatic N) is 1. The lowest BCUT2D eigenvalue weighted by molar-refractivity contribution is -0.121. The van der Waals surface area contributed by atoms with Gasteiger partial charge in [-0.25, -0.2) is 0 Å². The first-order valence-electron chi connectivity index (χ1n) is 14.5. The highest BCUT2D eigenvalue weighted by Crippen LogP contribution is 2.41. The number of aryl methyl sites for hydroxylation is 2. The number of rotatable bonds is 15. The van der Waals surface area contributed by atoms with Gasteiger partial charge in [0.1, 0.15) is 5.78 Å². The molecule has 1 fully saturated rings. The van der Waals surface area contributed by atoms with E-state index in [1.165, 1.54) is 36.8 Å². The summed E-state index contributed by atoms with van der Waals surface area (Å²) in [5.41, 5.74) is 3.69. The minimum atomic E-state index is -0.552. The first-order valence-corrected chi connectivity index (χ1v) is 14.5. The number of ether oxygens (including phenoxy) is 1. The van der Waals surface area contributed by atoms with Crippen molar-refractivity contribution in [1.29, 1.82) is 0 Å². The molecule has 6 heteroatoms. The van der Waals surface area contributed by atoms with E-state index in [0.29, 0.717) is 43.1 Å². The van der Waals surface area contributed by atoms with Crippen LogP contribution in [0.25, 0.3) is 10.9 Å². The van der Waals surface area contributed by atoms with Crippen molar-refractivity contribution in [2.75, 3.05) is 0 Å². The Balaban J connectivity index is 1.26. The van der Waals surface area contributed by atoms with E-state index < -0.39 is 6.10 Å². The van der Waals surface area contributed by atoms with Gasteiger partial charge in [0.05, 0.1) is 11.6 Å². The number of ketones is 1. The van der Waals surface area contributed by atoms with Crippen LogP contribution in [0.15, 0.2) is 36.7 Å². The van der Waals surface area contributed by atoms with E-state index in [0.717, 1.165) is 36.8 Å². The van der Waals surface area contributed by atoms with Crippen LogP contribution in [0.3, 0.4) is 0 Å². The summed E-state index contributed by atoms with van der Waals surface area (Å²) in [7, 11) is 0. The molecule has 0 amide bonds. The molecule has 1 aliphatic rings. The van der Waals surface area contributed by atoms with E-state index in [1.54, 1.807) is 6.07 Å². The van der Waals surface area contributed by atoms with Gasteiger partial charge in [-0.1, -0.05) is 46.1 Å². The SMILES string of the molecule is CC(C)CCc1c2cc[nH]c2cn1COc1cc(CCC(=O)CC(O)CCCC2(C)CCCC2)ccc1O. The largest absolute Gasteiger partial charge is 0.504 e. The van der Waals surface area contributed by atoms with E-state index in [-0.39, 0.29) is 18.0 Å². The van der Waals surface area contributed by atoms with Gasteiger partial charge in [-0.15, -0.1) is 0 Å². The van der Waals surface area contributed by atoms with Gasteiger partial charge in [0.25, 0.3) is 0 Å². The zero-order valence-corrected chi connectivity index (χ0v) is 23.5. The number of Topliss-reactive ketones (excluding diaryl/α,β-unsaturated/α-hetero) is 1. The number of phenols is 1. The Morgan fingerprint density at radius 2 is 1.95 bits per heavy atom. The lowest BCUT2D eigenvalue weighted by Crippen LogP contribution is -2.16. The summed E-state index contributed by atoms with van der Waals surface area (Å²) < 4.78 is 8.15. The fourth-order valence-electron chi connectivity index (χ4n) is 5.91. The fourth-order valence-corrected chi connectivity index (χ4v) is 5.91. The van der Waals surface area contributed by atoms with Crippen molar-refractivity contribution in [3.63, 3.8) is 0 Å². The van der Waals surface area contributed by atoms with Gasteiger partial charge < -0.3 is 24.5 Å². The Bertz CT molecular complexity index is 1190. The van der Waals surface area contributed by atoms with Gasteiger partial charge in [0.15, 0.2) is 18.2 Å². The van der Waals surface area contributed by atoms with E-state index in [2.05, 4.69) is 42.6 Å². The molecule has 2 aromatic heterocycles. The molecule has 1 aliphatic carbocycles. The van der Waals surface area contributed by atoms with Crippen LogP contribution in [0.1, 0.15) is 96.2 Å². The number of hydrogen-bond acceptors (Lipinski definition) is 4. The van der Waals surface area contributed by atoms with Gasteiger partial charge in [0.2, 0.25) is 0 Å². The maximum atomic E-state index is 12.5. The lowest BCUT2D eigenvalue weighted by Gasteiger charge is -2.23. The fraction of sp³-hybridized carbons (Fsp3) is 0.594. The molecule has 3 N–H and O–H groups in total. The van der Waals surface area contributed by atoms with Crippen LogP contribution in [0, 0.1) is 11.3 Å². The van der Waals surface area contributed by atoms with Gasteiger partial charge in [0, 0.05) is 36.3 Å². The number of benzene rings is 1. The Morgan fingerprint density at radius 1 is 1.16 bits per heavy atom. The number of H-pyrrole nitrogens is 1. The predicted molar refractivity (Wildman–Crippen MR) is 153 cm³/mol. The molecule has 4 rings (SSSR count). The van der Waals surface area contributed by atoms with Crippen LogP contribution in [0.2, 0.25) is 0 Å². The number of aromatic amines is 1. The third kappa shape index (κ3) is 7.66. The number of phenolic OH excluding ortho intramolecular Hbond substituents is 1. The monoisotopic (exact) mass is 522 g/mol. The van der Waals surface area contributed by atoms with Crippen molar-refractivity contribution in [3.05, 3.63) is 47.9 Å². The summed E-state index contributed by atoms with van der Waals surface area (Å²) >= 11 is 0. The number of aliphatic hydroxyl groups excluding tert-OH is 1. The highest BCUT2D eigenvalue weighted by atomic mass is 16.5. The highest BCUT2D eigenvalue weighted by Gasteiger charge is 2.28. The number of fused-ring (bicyclic) bond motifs is 1. The second-order valence-electron chi connectivity index (χ2n) is 12.2. The smallest absolute Gasteiger partial charge is 0.165 e. The summed E-state index contributed by atoms with van der Waals surface area (Å²) in [4.78, 5) is 15.8. The normalized spacial score (nSPS) is 15.9. The highest BCUT2D eigenvalue weighted by molar-refractivity contribution is 5.82. The zero-order chi connectivity index (χ0) is 27.1. The Hall–Kier alpha value is -2.73. The van der Waals surface area contributed by atoms with Crippen LogP contribution in [0.5, 0.6) is 11.5 Å². The summed E-state index contributed by atoms with van der Waals surface area (Å²) in [5, 5.41) is 22.0. The standard InChI is InChI=1S/C32H46N2O4/c1-23(2)8-12-29-27-14-18-33-28(27)21-34(29)22-38-31-19-24(10-13-30(31)37)9-11-26(36)20-25(35)7-6-17-32(3)15-4-5-16-32/h10,13-14,18-19,21,23,25,33,35,37H,4-9,11-12,15-17,20,22H2,1-3H3. The number of carbonyl (C=O) groups excluding carboxylic acids is 1. The van der Waals surface area contributed by atoms with E-state index in [9.17, 15) is 15.0 Å². The molecule has 0 bridgehead atoms. The summed E-state index contributed by atoms with van der Waals surface area (Å²) in [6, 6.07) is 7.39. The van der Waals surface area contributed by atoms with Crippen molar-refractivity contribution in [2.24, 2.45) is 11.3 Å². The second-order valence-corrected chi connectivity index (χ2v) is 12.2. The van der Waals surface area contributed by atoms with Crippen LogP contribution in [0.4, 0.5) is 0 Å². The van der Waals surface area contributed by atoms with Crippen molar-refractivity contribution in [2.45, 2.75) is 111 Å². The predicted octanol–water partition coefficient (Wildman–Crippen LogP) is 7.30. The van der Waals surface area contributed by atoms with E-state index in [4.69, 9.17) is 4.74 Å². The molecular weight excluding hydrogens is 476 g/mol. The molecule has 0 aliphatic heterocycles. The molecule has 6 nitrogen and oxygen atoms in total.